The Kier molecular flexibility index (Phi) is 9.62. The summed E-state index contributed by atoms with van der Waals surface area (Å²) in [5.74, 6) is 0.557. The average molecular weight is 511 g/mol. The number of rotatable bonds is 9. The quantitative estimate of drug-likeness (QED) is 0.201. The first-order valence-corrected chi connectivity index (χ1v) is 9.54. The van der Waals surface area contributed by atoms with E-state index in [1.165, 1.54) is 12.1 Å². The Labute approximate surface area is 187 Å². The average Bonchev–Trinajstić information content (AvgIpc) is 3.38. The van der Waals surface area contributed by atoms with Crippen molar-refractivity contribution in [1.82, 2.24) is 30.2 Å². The number of nitrogens with zero attached hydrogens (tertiary/aromatic N) is 5. The Morgan fingerprint density at radius 2 is 1.97 bits per heavy atom. The van der Waals surface area contributed by atoms with Crippen molar-refractivity contribution >= 4 is 29.9 Å². The summed E-state index contributed by atoms with van der Waals surface area (Å²) in [6, 6.07) is 10.2. The zero-order chi connectivity index (χ0) is 19.6. The Balaban J connectivity index is 0.00000300. The smallest absolute Gasteiger partial charge is 0.191 e. The fraction of sp³-hybridized carbons (Fsp3) is 0.350. The third kappa shape index (κ3) is 7.48. The minimum absolute atomic E-state index is 0. The van der Waals surface area contributed by atoms with Gasteiger partial charge < -0.3 is 10.6 Å². The summed E-state index contributed by atoms with van der Waals surface area (Å²) in [5.41, 5.74) is 1.80. The van der Waals surface area contributed by atoms with E-state index in [1.807, 2.05) is 36.1 Å². The summed E-state index contributed by atoms with van der Waals surface area (Å²) in [5, 5.41) is 15.3. The summed E-state index contributed by atoms with van der Waals surface area (Å²) in [6.07, 6.45) is 7.33. The predicted molar refractivity (Wildman–Crippen MR) is 123 cm³/mol. The van der Waals surface area contributed by atoms with Crippen molar-refractivity contribution < 1.29 is 4.39 Å². The lowest BCUT2D eigenvalue weighted by molar-refractivity contribution is 0.584. The molecule has 7 nitrogen and oxygen atoms in total. The Morgan fingerprint density at radius 1 is 1.14 bits per heavy atom. The molecule has 1 aromatic carbocycles. The van der Waals surface area contributed by atoms with E-state index in [4.69, 9.17) is 0 Å². The second kappa shape index (κ2) is 12.2. The topological polar surface area (TPSA) is 72.1 Å². The monoisotopic (exact) mass is 511 g/mol. The van der Waals surface area contributed by atoms with Crippen LogP contribution in [-0.2, 0) is 13.0 Å². The summed E-state index contributed by atoms with van der Waals surface area (Å²) < 4.78 is 16.7. The fourth-order valence-electron chi connectivity index (χ4n) is 2.74. The van der Waals surface area contributed by atoms with Crippen LogP contribution in [-0.4, -0.2) is 45.2 Å². The molecule has 3 aromatic rings. The van der Waals surface area contributed by atoms with E-state index in [0.717, 1.165) is 56.4 Å². The van der Waals surface area contributed by atoms with Crippen LogP contribution < -0.4 is 10.6 Å². The van der Waals surface area contributed by atoms with Crippen molar-refractivity contribution in [2.45, 2.75) is 26.3 Å². The SMILES string of the molecule is CCNC(=NCCCn1cccn1)NCCc1ccn(-c2ccc(F)cc2)n1.I. The lowest BCUT2D eigenvalue weighted by atomic mass is 10.3. The Morgan fingerprint density at radius 3 is 2.69 bits per heavy atom. The number of benzene rings is 1. The molecule has 0 amide bonds. The fourth-order valence-corrected chi connectivity index (χ4v) is 2.74. The molecule has 0 saturated heterocycles. The molecule has 0 spiro atoms. The molecule has 29 heavy (non-hydrogen) atoms. The highest BCUT2D eigenvalue weighted by Gasteiger charge is 2.03. The summed E-state index contributed by atoms with van der Waals surface area (Å²) in [4.78, 5) is 4.60. The summed E-state index contributed by atoms with van der Waals surface area (Å²) in [6.45, 7) is 5.17. The van der Waals surface area contributed by atoms with Crippen molar-refractivity contribution in [1.29, 1.82) is 0 Å². The molecule has 3 rings (SSSR count). The summed E-state index contributed by atoms with van der Waals surface area (Å²) in [7, 11) is 0. The van der Waals surface area contributed by atoms with Gasteiger partial charge in [-0.15, -0.1) is 24.0 Å². The van der Waals surface area contributed by atoms with Gasteiger partial charge in [-0.05, 0) is 49.7 Å². The van der Waals surface area contributed by atoms with Gasteiger partial charge >= 0.3 is 0 Å². The van der Waals surface area contributed by atoms with Gasteiger partial charge in [0.05, 0.1) is 11.4 Å². The van der Waals surface area contributed by atoms with E-state index in [9.17, 15) is 4.39 Å². The number of guanidine groups is 1. The first-order chi connectivity index (χ1) is 13.7. The maximum absolute atomic E-state index is 13.0. The van der Waals surface area contributed by atoms with Crippen molar-refractivity contribution in [2.24, 2.45) is 4.99 Å². The second-order valence-electron chi connectivity index (χ2n) is 6.29. The Bertz CT molecular complexity index is 859. The molecule has 0 aliphatic rings. The van der Waals surface area contributed by atoms with Crippen LogP contribution in [0, 0.1) is 5.82 Å². The van der Waals surface area contributed by atoms with Crippen molar-refractivity contribution in [3.63, 3.8) is 0 Å². The van der Waals surface area contributed by atoms with Crippen molar-refractivity contribution in [3.8, 4) is 5.69 Å². The molecule has 0 saturated carbocycles. The van der Waals surface area contributed by atoms with Gasteiger partial charge in [0.15, 0.2) is 5.96 Å². The largest absolute Gasteiger partial charge is 0.357 e. The van der Waals surface area contributed by atoms with Gasteiger partial charge in [-0.3, -0.25) is 9.67 Å². The highest BCUT2D eigenvalue weighted by Crippen LogP contribution is 2.09. The molecular weight excluding hydrogens is 484 g/mol. The number of aliphatic imine (C=N–C) groups is 1. The van der Waals surface area contributed by atoms with E-state index in [-0.39, 0.29) is 29.8 Å². The van der Waals surface area contributed by atoms with E-state index in [1.54, 1.807) is 23.0 Å². The molecule has 0 fully saturated rings. The normalized spacial score (nSPS) is 11.2. The lowest BCUT2D eigenvalue weighted by Gasteiger charge is -2.10. The lowest BCUT2D eigenvalue weighted by Crippen LogP contribution is -2.38. The van der Waals surface area contributed by atoms with Gasteiger partial charge in [-0.25, -0.2) is 9.07 Å². The highest BCUT2D eigenvalue weighted by molar-refractivity contribution is 14.0. The van der Waals surface area contributed by atoms with Crippen LogP contribution in [0.1, 0.15) is 19.0 Å². The molecule has 2 heterocycles. The Hall–Kier alpha value is -2.43. The molecule has 2 aromatic heterocycles. The van der Waals surface area contributed by atoms with Gasteiger partial charge in [-0.2, -0.15) is 10.2 Å². The molecule has 0 aliphatic carbocycles. The van der Waals surface area contributed by atoms with Crippen LogP contribution in [0.25, 0.3) is 5.69 Å². The van der Waals surface area contributed by atoms with Gasteiger partial charge in [-0.1, -0.05) is 0 Å². The minimum Gasteiger partial charge on any atom is -0.357 e. The molecule has 2 N–H and O–H groups in total. The third-order valence-corrected chi connectivity index (χ3v) is 4.13. The predicted octanol–water partition coefficient (Wildman–Crippen LogP) is 3.01. The maximum atomic E-state index is 13.0. The van der Waals surface area contributed by atoms with E-state index < -0.39 is 0 Å². The van der Waals surface area contributed by atoms with Crippen LogP contribution >= 0.6 is 24.0 Å². The number of aromatic nitrogens is 4. The van der Waals surface area contributed by atoms with Gasteiger partial charge in [0.1, 0.15) is 5.82 Å². The molecule has 0 unspecified atom stereocenters. The number of nitrogens with one attached hydrogen (secondary N) is 2. The molecular formula is C20H27FIN7. The van der Waals surface area contributed by atoms with Gasteiger partial charge in [0.25, 0.3) is 0 Å². The van der Waals surface area contributed by atoms with E-state index in [2.05, 4.69) is 25.8 Å². The highest BCUT2D eigenvalue weighted by atomic mass is 127. The van der Waals surface area contributed by atoms with Gasteiger partial charge in [0, 0.05) is 51.2 Å². The second-order valence-corrected chi connectivity index (χ2v) is 6.29. The first-order valence-electron chi connectivity index (χ1n) is 9.54. The van der Waals surface area contributed by atoms with Crippen LogP contribution in [0.2, 0.25) is 0 Å². The summed E-state index contributed by atoms with van der Waals surface area (Å²) >= 11 is 0. The third-order valence-electron chi connectivity index (χ3n) is 4.13. The number of hydrogen-bond donors (Lipinski definition) is 2. The molecule has 0 bridgehead atoms. The number of aryl methyl sites for hydroxylation is 1. The van der Waals surface area contributed by atoms with Crippen molar-refractivity contribution in [2.75, 3.05) is 19.6 Å². The molecule has 0 aliphatic heterocycles. The van der Waals surface area contributed by atoms with Crippen molar-refractivity contribution in [3.05, 3.63) is 66.5 Å². The minimum atomic E-state index is -0.250. The van der Waals surface area contributed by atoms with Gasteiger partial charge in [0.2, 0.25) is 0 Å². The number of halogens is 2. The van der Waals surface area contributed by atoms with E-state index in [0.29, 0.717) is 0 Å². The van der Waals surface area contributed by atoms with Crippen LogP contribution in [0.3, 0.4) is 0 Å². The van der Waals surface area contributed by atoms with Crippen LogP contribution in [0.4, 0.5) is 4.39 Å². The first kappa shape index (κ1) is 22.9. The standard InChI is InChI=1S/C20H26FN7.HI/c1-2-22-20(23-11-3-14-27-15-4-12-25-27)24-13-9-18-10-16-28(26-18)19-7-5-17(21)6-8-19;/h4-8,10,12,15-16H,2-3,9,11,13-14H2,1H3,(H2,22,23,24);1H. The molecule has 0 radical (unpaired) electrons. The number of hydrogen-bond acceptors (Lipinski definition) is 3. The van der Waals surface area contributed by atoms with Crippen LogP contribution in [0.5, 0.6) is 0 Å². The van der Waals surface area contributed by atoms with E-state index >= 15 is 0 Å². The zero-order valence-corrected chi connectivity index (χ0v) is 18.8. The maximum Gasteiger partial charge on any atom is 0.191 e. The van der Waals surface area contributed by atoms with Crippen LogP contribution in [0.15, 0.2) is 60.0 Å². The molecule has 9 heteroatoms. The molecule has 156 valence electrons. The zero-order valence-electron chi connectivity index (χ0n) is 16.5. The molecule has 0 atom stereocenters.